The summed E-state index contributed by atoms with van der Waals surface area (Å²) in [6, 6.07) is 20.5. The van der Waals surface area contributed by atoms with Crippen LogP contribution in [0.1, 0.15) is 5.76 Å². The van der Waals surface area contributed by atoms with Crippen molar-refractivity contribution in [3.8, 4) is 11.3 Å². The number of furan rings is 1. The van der Waals surface area contributed by atoms with E-state index in [1.807, 2.05) is 54.6 Å². The zero-order chi connectivity index (χ0) is 18.6. The SMILES string of the molecule is O=C(C=Cc1ccc(-c2ccc(Cl)cc2)o1)Nc1cccc2cccnc12. The average Bonchev–Trinajstić information content (AvgIpc) is 3.16. The van der Waals surface area contributed by atoms with Gasteiger partial charge >= 0.3 is 0 Å². The first-order valence-corrected chi connectivity index (χ1v) is 8.75. The molecule has 2 aromatic heterocycles. The summed E-state index contributed by atoms with van der Waals surface area (Å²) < 4.78 is 5.76. The van der Waals surface area contributed by atoms with Crippen LogP contribution in [-0.4, -0.2) is 10.9 Å². The number of benzene rings is 2. The van der Waals surface area contributed by atoms with Gasteiger partial charge < -0.3 is 9.73 Å². The number of anilines is 1. The molecule has 1 N–H and O–H groups in total. The maximum atomic E-state index is 12.3. The van der Waals surface area contributed by atoms with Gasteiger partial charge in [-0.3, -0.25) is 9.78 Å². The maximum Gasteiger partial charge on any atom is 0.248 e. The fourth-order valence-electron chi connectivity index (χ4n) is 2.75. The molecular weight excluding hydrogens is 360 g/mol. The quantitative estimate of drug-likeness (QED) is 0.459. The zero-order valence-corrected chi connectivity index (χ0v) is 15.0. The van der Waals surface area contributed by atoms with Gasteiger partial charge in [0.05, 0.1) is 11.2 Å². The summed E-state index contributed by atoms with van der Waals surface area (Å²) in [6.07, 6.45) is 4.77. The highest BCUT2D eigenvalue weighted by Gasteiger charge is 2.06. The van der Waals surface area contributed by atoms with Crippen LogP contribution in [-0.2, 0) is 4.79 Å². The molecule has 4 rings (SSSR count). The average molecular weight is 375 g/mol. The number of fused-ring (bicyclic) bond motifs is 1. The Morgan fingerprint density at radius 3 is 2.67 bits per heavy atom. The molecular formula is C22H15ClN2O2. The first-order chi connectivity index (χ1) is 13.2. The minimum Gasteiger partial charge on any atom is -0.457 e. The Bertz CT molecular complexity index is 1130. The standard InChI is InChI=1S/C22H15ClN2O2/c23-17-8-6-15(7-9-17)20-12-10-18(27-20)11-13-21(26)25-19-5-1-3-16-4-2-14-24-22(16)19/h1-14H,(H,25,26). The number of hydrogen-bond acceptors (Lipinski definition) is 3. The normalized spacial score (nSPS) is 11.1. The molecule has 0 radical (unpaired) electrons. The van der Waals surface area contributed by atoms with Crippen molar-refractivity contribution in [1.29, 1.82) is 0 Å². The van der Waals surface area contributed by atoms with Crippen molar-refractivity contribution in [3.63, 3.8) is 0 Å². The molecule has 0 saturated heterocycles. The molecule has 0 unspecified atom stereocenters. The lowest BCUT2D eigenvalue weighted by molar-refractivity contribution is -0.111. The van der Waals surface area contributed by atoms with Gasteiger partial charge in [0.25, 0.3) is 0 Å². The summed E-state index contributed by atoms with van der Waals surface area (Å²) in [5, 5.41) is 4.50. The van der Waals surface area contributed by atoms with Crippen LogP contribution in [0.15, 0.2) is 83.4 Å². The molecule has 0 spiro atoms. The van der Waals surface area contributed by atoms with E-state index in [-0.39, 0.29) is 5.91 Å². The molecule has 0 bridgehead atoms. The Kier molecular flexibility index (Phi) is 4.73. The summed E-state index contributed by atoms with van der Waals surface area (Å²) in [6.45, 7) is 0. The lowest BCUT2D eigenvalue weighted by atomic mass is 10.2. The van der Waals surface area contributed by atoms with Gasteiger partial charge in [0.15, 0.2) is 0 Å². The molecule has 0 atom stereocenters. The third kappa shape index (κ3) is 3.91. The summed E-state index contributed by atoms with van der Waals surface area (Å²) in [7, 11) is 0. The monoisotopic (exact) mass is 374 g/mol. The molecule has 0 saturated carbocycles. The molecule has 0 aliphatic rings. The van der Waals surface area contributed by atoms with Crippen molar-refractivity contribution >= 4 is 40.2 Å². The van der Waals surface area contributed by atoms with Crippen molar-refractivity contribution in [2.75, 3.05) is 5.32 Å². The Balaban J connectivity index is 1.48. The molecule has 0 fully saturated rings. The second-order valence-electron chi connectivity index (χ2n) is 5.91. The van der Waals surface area contributed by atoms with Crippen LogP contribution in [0.2, 0.25) is 5.02 Å². The molecule has 5 heteroatoms. The molecule has 2 heterocycles. The van der Waals surface area contributed by atoms with E-state index in [0.717, 1.165) is 16.5 Å². The van der Waals surface area contributed by atoms with Gasteiger partial charge in [-0.05, 0) is 54.6 Å². The fraction of sp³-hybridized carbons (Fsp3) is 0. The number of nitrogens with one attached hydrogen (secondary N) is 1. The van der Waals surface area contributed by atoms with Crippen molar-refractivity contribution in [1.82, 2.24) is 4.98 Å². The second-order valence-corrected chi connectivity index (χ2v) is 6.35. The van der Waals surface area contributed by atoms with Crippen molar-refractivity contribution in [2.45, 2.75) is 0 Å². The van der Waals surface area contributed by atoms with Crippen molar-refractivity contribution in [2.24, 2.45) is 0 Å². The van der Waals surface area contributed by atoms with Gasteiger partial charge in [0.1, 0.15) is 11.5 Å². The summed E-state index contributed by atoms with van der Waals surface area (Å²) in [5.74, 6) is 1.05. The predicted molar refractivity (Wildman–Crippen MR) is 109 cm³/mol. The molecule has 132 valence electrons. The van der Waals surface area contributed by atoms with E-state index in [4.69, 9.17) is 16.0 Å². The minimum atomic E-state index is -0.252. The lowest BCUT2D eigenvalue weighted by Crippen LogP contribution is -2.08. The van der Waals surface area contributed by atoms with Crippen LogP contribution in [0.25, 0.3) is 28.3 Å². The van der Waals surface area contributed by atoms with E-state index in [9.17, 15) is 4.79 Å². The third-order valence-corrected chi connectivity index (χ3v) is 4.30. The third-order valence-electron chi connectivity index (χ3n) is 4.05. The summed E-state index contributed by atoms with van der Waals surface area (Å²) in [4.78, 5) is 16.6. The Morgan fingerprint density at radius 2 is 1.81 bits per heavy atom. The topological polar surface area (TPSA) is 55.1 Å². The van der Waals surface area contributed by atoms with Gasteiger partial charge in [-0.25, -0.2) is 0 Å². The highest BCUT2D eigenvalue weighted by atomic mass is 35.5. The number of carbonyl (C=O) groups excluding carboxylic acids is 1. The second kappa shape index (κ2) is 7.48. The van der Waals surface area contributed by atoms with Crippen LogP contribution in [0.4, 0.5) is 5.69 Å². The van der Waals surface area contributed by atoms with E-state index in [2.05, 4.69) is 10.3 Å². The molecule has 0 aliphatic heterocycles. The molecule has 4 aromatic rings. The number of nitrogens with zero attached hydrogens (tertiary/aromatic N) is 1. The van der Waals surface area contributed by atoms with Crippen LogP contribution >= 0.6 is 11.6 Å². The molecule has 0 aliphatic carbocycles. The highest BCUT2D eigenvalue weighted by Crippen LogP contribution is 2.24. The smallest absolute Gasteiger partial charge is 0.248 e. The summed E-state index contributed by atoms with van der Waals surface area (Å²) in [5.41, 5.74) is 2.35. The van der Waals surface area contributed by atoms with Crippen LogP contribution in [0, 0.1) is 0 Å². The van der Waals surface area contributed by atoms with E-state index < -0.39 is 0 Å². The van der Waals surface area contributed by atoms with Crippen LogP contribution < -0.4 is 5.32 Å². The van der Waals surface area contributed by atoms with Gasteiger partial charge in [-0.2, -0.15) is 0 Å². The fourth-order valence-corrected chi connectivity index (χ4v) is 2.87. The number of rotatable bonds is 4. The number of hydrogen-bond donors (Lipinski definition) is 1. The van der Waals surface area contributed by atoms with E-state index in [0.29, 0.717) is 22.2 Å². The Morgan fingerprint density at radius 1 is 1.00 bits per heavy atom. The first kappa shape index (κ1) is 17.1. The van der Waals surface area contributed by atoms with Crippen LogP contribution in [0.3, 0.4) is 0 Å². The molecule has 1 amide bonds. The first-order valence-electron chi connectivity index (χ1n) is 8.38. The van der Waals surface area contributed by atoms with Gasteiger partial charge in [0.2, 0.25) is 5.91 Å². The zero-order valence-electron chi connectivity index (χ0n) is 14.2. The number of amides is 1. The lowest BCUT2D eigenvalue weighted by Gasteiger charge is -2.05. The number of pyridine rings is 1. The maximum absolute atomic E-state index is 12.3. The number of halogens is 1. The van der Waals surface area contributed by atoms with E-state index in [1.165, 1.54) is 6.08 Å². The van der Waals surface area contributed by atoms with E-state index in [1.54, 1.807) is 24.4 Å². The number of aromatic nitrogens is 1. The predicted octanol–water partition coefficient (Wildman–Crippen LogP) is 5.80. The van der Waals surface area contributed by atoms with Crippen LogP contribution in [0.5, 0.6) is 0 Å². The molecule has 27 heavy (non-hydrogen) atoms. The number of para-hydroxylation sites is 1. The number of carbonyl (C=O) groups is 1. The Labute approximate surface area is 161 Å². The van der Waals surface area contributed by atoms with Gasteiger partial charge in [-0.1, -0.05) is 29.8 Å². The van der Waals surface area contributed by atoms with E-state index >= 15 is 0 Å². The molecule has 2 aromatic carbocycles. The van der Waals surface area contributed by atoms with Gasteiger partial charge in [-0.15, -0.1) is 0 Å². The highest BCUT2D eigenvalue weighted by molar-refractivity contribution is 6.30. The molecule has 4 nitrogen and oxygen atoms in total. The summed E-state index contributed by atoms with van der Waals surface area (Å²) >= 11 is 5.90. The minimum absolute atomic E-state index is 0.252. The Hall–Kier alpha value is -3.37. The van der Waals surface area contributed by atoms with Crippen molar-refractivity contribution < 1.29 is 9.21 Å². The van der Waals surface area contributed by atoms with Gasteiger partial charge in [0, 0.05) is 28.2 Å². The van der Waals surface area contributed by atoms with Crippen molar-refractivity contribution in [3.05, 3.63) is 89.8 Å². The largest absolute Gasteiger partial charge is 0.457 e.